The van der Waals surface area contributed by atoms with Gasteiger partial charge in [0.2, 0.25) is 5.91 Å². The van der Waals surface area contributed by atoms with Gasteiger partial charge in [0.15, 0.2) is 0 Å². The van der Waals surface area contributed by atoms with Crippen LogP contribution in [0.3, 0.4) is 0 Å². The van der Waals surface area contributed by atoms with Crippen molar-refractivity contribution in [1.82, 2.24) is 10.2 Å². The summed E-state index contributed by atoms with van der Waals surface area (Å²) in [7, 11) is 8.61. The first-order valence-corrected chi connectivity index (χ1v) is 10.2. The molecule has 0 saturated heterocycles. The van der Waals surface area contributed by atoms with Crippen molar-refractivity contribution in [3.05, 3.63) is 34.9 Å². The van der Waals surface area contributed by atoms with Crippen molar-refractivity contribution in [3.63, 3.8) is 0 Å². The Bertz CT molecular complexity index is 530. The molecule has 0 aromatic rings. The van der Waals surface area contributed by atoms with Gasteiger partial charge in [-0.3, -0.25) is 4.79 Å². The SMILES string of the molecule is CC(C)=CCCC(C)=CCCC(C)=CC(=O)NCC[N+](C)(C)CCN(C)C.Cl. The number of allylic oxidation sites excluding steroid dienone is 5. The van der Waals surface area contributed by atoms with Gasteiger partial charge in [-0.2, -0.15) is 0 Å². The van der Waals surface area contributed by atoms with Crippen molar-refractivity contribution in [1.29, 1.82) is 0 Å². The van der Waals surface area contributed by atoms with Crippen LogP contribution in [-0.4, -0.2) is 69.7 Å². The fourth-order valence-electron chi connectivity index (χ4n) is 2.65. The van der Waals surface area contributed by atoms with E-state index in [-0.39, 0.29) is 18.3 Å². The average Bonchev–Trinajstić information content (AvgIpc) is 2.52. The standard InChI is InChI=1S/C23H43N3O.ClH/c1-20(2)11-9-12-21(3)13-10-14-22(4)19-23(27)24-15-17-26(7,8)18-16-25(5)6;/h11,13,19H,9-10,12,14-18H2,1-8H3;1H/p+1. The van der Waals surface area contributed by atoms with Crippen LogP contribution in [0.2, 0.25) is 0 Å². The Morgan fingerprint density at radius 1 is 0.929 bits per heavy atom. The van der Waals surface area contributed by atoms with E-state index in [1.807, 2.05) is 6.92 Å². The molecule has 0 fully saturated rings. The van der Waals surface area contributed by atoms with Crippen LogP contribution in [0.5, 0.6) is 0 Å². The third-order valence-corrected chi connectivity index (χ3v) is 4.67. The summed E-state index contributed by atoms with van der Waals surface area (Å²) in [4.78, 5) is 14.3. The van der Waals surface area contributed by atoms with Gasteiger partial charge >= 0.3 is 0 Å². The normalized spacial score (nSPS) is 12.6. The number of halogens is 1. The Kier molecular flexibility index (Phi) is 16.4. The molecule has 0 aliphatic carbocycles. The molecule has 0 aromatic heterocycles. The number of likely N-dealkylation sites (N-methyl/N-ethyl adjacent to an activating group) is 2. The number of nitrogens with zero attached hydrogens (tertiary/aromatic N) is 2. The fourth-order valence-corrected chi connectivity index (χ4v) is 2.65. The lowest BCUT2D eigenvalue weighted by atomic mass is 10.1. The summed E-state index contributed by atoms with van der Waals surface area (Å²) in [5.41, 5.74) is 3.96. The lowest BCUT2D eigenvalue weighted by Gasteiger charge is -2.31. The number of rotatable bonds is 13. The van der Waals surface area contributed by atoms with Crippen LogP contribution in [0, 0.1) is 0 Å². The van der Waals surface area contributed by atoms with Crippen LogP contribution < -0.4 is 5.32 Å². The van der Waals surface area contributed by atoms with Crippen molar-refractivity contribution >= 4 is 18.3 Å². The van der Waals surface area contributed by atoms with Gasteiger partial charge in [0.25, 0.3) is 0 Å². The topological polar surface area (TPSA) is 32.3 Å². The zero-order chi connectivity index (χ0) is 20.9. The molecule has 0 spiro atoms. The molecule has 0 rings (SSSR count). The molecule has 0 saturated carbocycles. The lowest BCUT2D eigenvalue weighted by Crippen LogP contribution is -2.48. The summed E-state index contributed by atoms with van der Waals surface area (Å²) < 4.78 is 0.915. The Morgan fingerprint density at radius 3 is 2.07 bits per heavy atom. The first-order chi connectivity index (χ1) is 12.5. The Hall–Kier alpha value is -1.10. The molecule has 0 radical (unpaired) electrons. The molecule has 0 aromatic carbocycles. The highest BCUT2D eigenvalue weighted by Crippen LogP contribution is 2.11. The highest BCUT2D eigenvalue weighted by molar-refractivity contribution is 5.88. The summed E-state index contributed by atoms with van der Waals surface area (Å²) in [6.45, 7) is 12.3. The maximum absolute atomic E-state index is 12.1. The van der Waals surface area contributed by atoms with Crippen molar-refractivity contribution in [2.24, 2.45) is 0 Å². The number of amides is 1. The first kappa shape index (κ1) is 29.1. The van der Waals surface area contributed by atoms with Gasteiger partial charge in [-0.15, -0.1) is 12.4 Å². The quantitative estimate of drug-likeness (QED) is 0.271. The maximum Gasteiger partial charge on any atom is 0.244 e. The number of nitrogens with one attached hydrogen (secondary N) is 1. The van der Waals surface area contributed by atoms with E-state index in [2.05, 4.69) is 71.3 Å². The van der Waals surface area contributed by atoms with Crippen LogP contribution >= 0.6 is 12.4 Å². The van der Waals surface area contributed by atoms with Gasteiger partial charge in [0.05, 0.1) is 33.7 Å². The van der Waals surface area contributed by atoms with E-state index in [9.17, 15) is 4.79 Å². The second-order valence-electron chi connectivity index (χ2n) is 8.88. The van der Waals surface area contributed by atoms with Crippen molar-refractivity contribution < 1.29 is 9.28 Å². The Balaban J connectivity index is 0. The second-order valence-corrected chi connectivity index (χ2v) is 8.88. The first-order valence-electron chi connectivity index (χ1n) is 10.2. The van der Waals surface area contributed by atoms with E-state index >= 15 is 0 Å². The van der Waals surface area contributed by atoms with E-state index in [0.29, 0.717) is 6.54 Å². The predicted molar refractivity (Wildman–Crippen MR) is 126 cm³/mol. The van der Waals surface area contributed by atoms with Crippen molar-refractivity contribution in [3.8, 4) is 0 Å². The number of carbonyl (C=O) groups excluding carboxylic acids is 1. The molecule has 0 aliphatic rings. The van der Waals surface area contributed by atoms with E-state index in [1.165, 1.54) is 11.1 Å². The molecular weight excluding hydrogens is 370 g/mol. The monoisotopic (exact) mass is 414 g/mol. The Labute approximate surface area is 180 Å². The summed E-state index contributed by atoms with van der Waals surface area (Å²) in [6.07, 6.45) is 10.5. The molecule has 0 aliphatic heterocycles. The van der Waals surface area contributed by atoms with Crippen LogP contribution in [0.4, 0.5) is 0 Å². The summed E-state index contributed by atoms with van der Waals surface area (Å²) in [5, 5.41) is 3.03. The molecular formula is C23H45ClN3O+. The molecule has 164 valence electrons. The molecule has 0 bridgehead atoms. The van der Waals surface area contributed by atoms with E-state index in [4.69, 9.17) is 0 Å². The highest BCUT2D eigenvalue weighted by Gasteiger charge is 2.14. The molecule has 0 heterocycles. The predicted octanol–water partition coefficient (Wildman–Crippen LogP) is 4.58. The molecule has 28 heavy (non-hydrogen) atoms. The minimum absolute atomic E-state index is 0. The summed E-state index contributed by atoms with van der Waals surface area (Å²) in [5.74, 6) is 0.0318. The summed E-state index contributed by atoms with van der Waals surface area (Å²) in [6, 6.07) is 0. The van der Waals surface area contributed by atoms with Crippen molar-refractivity contribution in [2.75, 3.05) is 54.4 Å². The van der Waals surface area contributed by atoms with Crippen LogP contribution in [0.1, 0.15) is 53.4 Å². The van der Waals surface area contributed by atoms with Gasteiger partial charge in [-0.25, -0.2) is 0 Å². The molecule has 0 unspecified atom stereocenters. The van der Waals surface area contributed by atoms with E-state index in [1.54, 1.807) is 6.08 Å². The zero-order valence-electron chi connectivity index (χ0n) is 19.6. The zero-order valence-corrected chi connectivity index (χ0v) is 20.4. The molecule has 5 heteroatoms. The fraction of sp³-hybridized carbons (Fsp3) is 0.696. The average molecular weight is 415 g/mol. The lowest BCUT2D eigenvalue weighted by molar-refractivity contribution is -0.888. The van der Waals surface area contributed by atoms with Crippen LogP contribution in [-0.2, 0) is 4.79 Å². The van der Waals surface area contributed by atoms with Gasteiger partial charge in [0, 0.05) is 12.6 Å². The summed E-state index contributed by atoms with van der Waals surface area (Å²) >= 11 is 0. The third-order valence-electron chi connectivity index (χ3n) is 4.67. The number of quaternary nitrogens is 1. The maximum atomic E-state index is 12.1. The van der Waals surface area contributed by atoms with Crippen LogP contribution in [0.15, 0.2) is 34.9 Å². The van der Waals surface area contributed by atoms with Crippen LogP contribution in [0.25, 0.3) is 0 Å². The molecule has 1 amide bonds. The third kappa shape index (κ3) is 18.3. The second kappa shape index (κ2) is 15.8. The molecule has 4 nitrogen and oxygen atoms in total. The Morgan fingerprint density at radius 2 is 1.50 bits per heavy atom. The molecule has 1 N–H and O–H groups in total. The number of hydrogen-bond donors (Lipinski definition) is 1. The van der Waals surface area contributed by atoms with Gasteiger partial charge in [0.1, 0.15) is 0 Å². The number of hydrogen-bond acceptors (Lipinski definition) is 2. The molecule has 0 atom stereocenters. The highest BCUT2D eigenvalue weighted by atomic mass is 35.5. The van der Waals surface area contributed by atoms with E-state index < -0.39 is 0 Å². The van der Waals surface area contributed by atoms with Gasteiger partial charge < -0.3 is 14.7 Å². The van der Waals surface area contributed by atoms with Gasteiger partial charge in [-0.1, -0.05) is 28.9 Å². The van der Waals surface area contributed by atoms with Crippen molar-refractivity contribution in [2.45, 2.75) is 53.4 Å². The number of carbonyl (C=O) groups is 1. The minimum Gasteiger partial charge on any atom is -0.347 e. The minimum atomic E-state index is 0. The largest absolute Gasteiger partial charge is 0.347 e. The smallest absolute Gasteiger partial charge is 0.244 e. The van der Waals surface area contributed by atoms with E-state index in [0.717, 1.165) is 55.4 Å². The van der Waals surface area contributed by atoms with Gasteiger partial charge in [-0.05, 0) is 67.5 Å².